The molecule has 1 saturated heterocycles. The van der Waals surface area contributed by atoms with Gasteiger partial charge in [-0.25, -0.2) is 13.8 Å². The largest absolute Gasteiger partial charge is 0.476 e. The number of hydrogen-bond donors (Lipinski definition) is 0. The maximum atomic E-state index is 15.3. The third-order valence-corrected chi connectivity index (χ3v) is 7.29. The molecule has 2 aliphatic heterocycles. The molecule has 0 saturated carbocycles. The minimum absolute atomic E-state index is 0.0335. The van der Waals surface area contributed by atoms with Crippen LogP contribution in [0.2, 0.25) is 0 Å². The van der Waals surface area contributed by atoms with Crippen molar-refractivity contribution >= 4 is 22.8 Å². The SMILES string of the molecule is C=CC(=O)N1CCN(c2nc(=O)n3c4nc(c(F)cc24)OCCCCCc2ccnc(C(C)C)c2-3)[C@@H](C)C1. The third kappa shape index (κ3) is 4.63. The van der Waals surface area contributed by atoms with Crippen molar-refractivity contribution in [2.24, 2.45) is 0 Å². The summed E-state index contributed by atoms with van der Waals surface area (Å²) in [6.07, 6.45) is 6.41. The Morgan fingerprint density at radius 1 is 1.24 bits per heavy atom. The zero-order chi connectivity index (χ0) is 27.0. The molecule has 0 aromatic carbocycles. The van der Waals surface area contributed by atoms with E-state index in [1.807, 2.05) is 31.7 Å². The molecule has 3 aromatic rings. The van der Waals surface area contributed by atoms with Crippen molar-refractivity contribution in [3.8, 4) is 11.6 Å². The Labute approximate surface area is 221 Å². The third-order valence-electron chi connectivity index (χ3n) is 7.29. The molecule has 5 rings (SSSR count). The first-order valence-electron chi connectivity index (χ1n) is 13.2. The zero-order valence-electron chi connectivity index (χ0n) is 22.1. The van der Waals surface area contributed by atoms with Crippen LogP contribution < -0.4 is 15.3 Å². The number of hydrogen-bond acceptors (Lipinski definition) is 7. The van der Waals surface area contributed by atoms with Crippen LogP contribution in [0, 0.1) is 5.82 Å². The smallest absolute Gasteiger partial charge is 0.355 e. The number of rotatable bonds is 3. The number of nitrogens with zero attached hydrogens (tertiary/aromatic N) is 6. The lowest BCUT2D eigenvalue weighted by Crippen LogP contribution is -2.54. The van der Waals surface area contributed by atoms with Gasteiger partial charge in [0.25, 0.3) is 5.88 Å². The molecule has 10 heteroatoms. The molecular weight excluding hydrogens is 487 g/mol. The number of halogens is 1. The highest BCUT2D eigenvalue weighted by Gasteiger charge is 2.30. The molecule has 0 N–H and O–H groups in total. The zero-order valence-corrected chi connectivity index (χ0v) is 22.1. The predicted octanol–water partition coefficient (Wildman–Crippen LogP) is 3.77. The van der Waals surface area contributed by atoms with Gasteiger partial charge in [0.05, 0.1) is 23.4 Å². The summed E-state index contributed by atoms with van der Waals surface area (Å²) in [6, 6.07) is 3.14. The van der Waals surface area contributed by atoms with Crippen molar-refractivity contribution in [3.05, 3.63) is 58.5 Å². The van der Waals surface area contributed by atoms with Crippen LogP contribution >= 0.6 is 0 Å². The van der Waals surface area contributed by atoms with E-state index in [0.717, 1.165) is 36.9 Å². The maximum absolute atomic E-state index is 15.3. The lowest BCUT2D eigenvalue weighted by Gasteiger charge is -2.40. The van der Waals surface area contributed by atoms with E-state index in [4.69, 9.17) is 4.74 Å². The number of aromatic nitrogens is 4. The van der Waals surface area contributed by atoms with Gasteiger partial charge in [0.15, 0.2) is 11.5 Å². The lowest BCUT2D eigenvalue weighted by atomic mass is 10.00. The van der Waals surface area contributed by atoms with Crippen LogP contribution in [-0.2, 0) is 11.2 Å². The van der Waals surface area contributed by atoms with Crippen molar-refractivity contribution in [3.63, 3.8) is 0 Å². The Hall–Kier alpha value is -3.82. The van der Waals surface area contributed by atoms with Gasteiger partial charge >= 0.3 is 5.69 Å². The summed E-state index contributed by atoms with van der Waals surface area (Å²) in [6.45, 7) is 11.2. The first-order chi connectivity index (χ1) is 18.3. The number of fused-ring (bicyclic) bond motifs is 3. The van der Waals surface area contributed by atoms with Crippen LogP contribution in [0.5, 0.6) is 5.88 Å². The van der Waals surface area contributed by atoms with Gasteiger partial charge in [-0.1, -0.05) is 20.4 Å². The van der Waals surface area contributed by atoms with E-state index >= 15 is 4.39 Å². The Bertz CT molecular complexity index is 1450. The summed E-state index contributed by atoms with van der Waals surface area (Å²) in [5.41, 5.74) is 2.18. The monoisotopic (exact) mass is 520 g/mol. The number of carbonyl (C=O) groups is 1. The number of carbonyl (C=O) groups excluding carboxylic acids is 1. The number of amides is 1. The van der Waals surface area contributed by atoms with Crippen molar-refractivity contribution in [2.45, 2.75) is 58.4 Å². The van der Waals surface area contributed by atoms with Gasteiger partial charge in [0.2, 0.25) is 5.91 Å². The quantitative estimate of drug-likeness (QED) is 0.486. The molecule has 2 bridgehead atoms. The van der Waals surface area contributed by atoms with Crippen molar-refractivity contribution < 1.29 is 13.9 Å². The van der Waals surface area contributed by atoms with Gasteiger partial charge in [-0.15, -0.1) is 0 Å². The highest BCUT2D eigenvalue weighted by Crippen LogP contribution is 2.33. The molecule has 0 spiro atoms. The normalized spacial score (nSPS) is 18.1. The van der Waals surface area contributed by atoms with Crippen LogP contribution in [-0.4, -0.2) is 62.6 Å². The summed E-state index contributed by atoms with van der Waals surface area (Å²) in [5, 5.41) is 0.409. The molecule has 3 aromatic heterocycles. The molecule has 2 aliphatic rings. The molecule has 9 nitrogen and oxygen atoms in total. The molecular formula is C28H33FN6O3. The van der Waals surface area contributed by atoms with E-state index in [9.17, 15) is 9.59 Å². The van der Waals surface area contributed by atoms with Gasteiger partial charge in [-0.05, 0) is 62.3 Å². The number of aryl methyl sites for hydroxylation is 1. The molecule has 200 valence electrons. The minimum Gasteiger partial charge on any atom is -0.476 e. The number of piperazine rings is 1. The van der Waals surface area contributed by atoms with E-state index < -0.39 is 11.5 Å². The lowest BCUT2D eigenvalue weighted by molar-refractivity contribution is -0.126. The van der Waals surface area contributed by atoms with E-state index in [1.165, 1.54) is 16.7 Å². The minimum atomic E-state index is -0.605. The molecule has 5 heterocycles. The average Bonchev–Trinajstić information content (AvgIpc) is 2.89. The van der Waals surface area contributed by atoms with Gasteiger partial charge in [0, 0.05) is 31.9 Å². The fraction of sp³-hybridized carbons (Fsp3) is 0.464. The van der Waals surface area contributed by atoms with Gasteiger partial charge in [0.1, 0.15) is 5.82 Å². The first kappa shape index (κ1) is 25.8. The maximum Gasteiger partial charge on any atom is 0.355 e. The summed E-state index contributed by atoms with van der Waals surface area (Å²) >= 11 is 0. The Morgan fingerprint density at radius 3 is 2.79 bits per heavy atom. The second-order valence-electron chi connectivity index (χ2n) is 10.2. The van der Waals surface area contributed by atoms with E-state index in [-0.39, 0.29) is 29.4 Å². The molecule has 0 aliphatic carbocycles. The second kappa shape index (κ2) is 10.5. The predicted molar refractivity (Wildman–Crippen MR) is 144 cm³/mol. The molecule has 38 heavy (non-hydrogen) atoms. The Kier molecular flexibility index (Phi) is 7.14. The standard InChI is InChI=1S/C28H33FN6O3/c1-5-22(36)33-12-13-34(18(4)16-33)25-20-15-21(29)27-31-26(20)35(28(37)32-25)24-19(9-7-6-8-14-38-27)10-11-30-23(24)17(2)3/h5,10-11,15,17-18H,1,6-9,12-14,16H2,2-4H3/t18-/m0/s1. The Balaban J connectivity index is 1.76. The van der Waals surface area contributed by atoms with E-state index in [2.05, 4.69) is 21.5 Å². The van der Waals surface area contributed by atoms with E-state index in [0.29, 0.717) is 43.1 Å². The average molecular weight is 521 g/mol. The highest BCUT2D eigenvalue weighted by molar-refractivity contribution is 5.90. The van der Waals surface area contributed by atoms with Crippen LogP contribution in [0.4, 0.5) is 10.2 Å². The summed E-state index contributed by atoms with van der Waals surface area (Å²) in [5.74, 6) is -0.501. The second-order valence-corrected chi connectivity index (χ2v) is 10.2. The topological polar surface area (TPSA) is 93.5 Å². The molecule has 0 radical (unpaired) electrons. The number of pyridine rings is 2. The molecule has 1 amide bonds. The van der Waals surface area contributed by atoms with Crippen molar-refractivity contribution in [1.82, 2.24) is 24.4 Å². The van der Waals surface area contributed by atoms with Crippen LogP contribution in [0.15, 0.2) is 35.8 Å². The van der Waals surface area contributed by atoms with Crippen molar-refractivity contribution in [1.29, 1.82) is 0 Å². The number of anilines is 1. The fourth-order valence-corrected chi connectivity index (χ4v) is 5.37. The van der Waals surface area contributed by atoms with Crippen LogP contribution in [0.1, 0.15) is 57.2 Å². The molecule has 1 atom stereocenters. The van der Waals surface area contributed by atoms with Crippen LogP contribution in [0.25, 0.3) is 16.7 Å². The highest BCUT2D eigenvalue weighted by atomic mass is 19.1. The fourth-order valence-electron chi connectivity index (χ4n) is 5.37. The number of ether oxygens (including phenoxy) is 1. The molecule has 0 unspecified atom stereocenters. The van der Waals surface area contributed by atoms with Gasteiger partial charge in [-0.2, -0.15) is 9.97 Å². The van der Waals surface area contributed by atoms with Crippen molar-refractivity contribution in [2.75, 3.05) is 31.1 Å². The summed E-state index contributed by atoms with van der Waals surface area (Å²) < 4.78 is 22.6. The van der Waals surface area contributed by atoms with Gasteiger partial charge in [-0.3, -0.25) is 9.78 Å². The first-order valence-corrected chi connectivity index (χ1v) is 13.2. The van der Waals surface area contributed by atoms with Gasteiger partial charge < -0.3 is 14.5 Å². The Morgan fingerprint density at radius 2 is 2.05 bits per heavy atom. The van der Waals surface area contributed by atoms with Crippen LogP contribution in [0.3, 0.4) is 0 Å². The van der Waals surface area contributed by atoms with E-state index in [1.54, 1.807) is 11.1 Å². The molecule has 1 fully saturated rings. The summed E-state index contributed by atoms with van der Waals surface area (Å²) in [4.78, 5) is 43.4. The summed E-state index contributed by atoms with van der Waals surface area (Å²) in [7, 11) is 0.